The zero-order valence-electron chi connectivity index (χ0n) is 9.24. The van der Waals surface area contributed by atoms with Crippen LogP contribution < -0.4 is 0 Å². The highest BCUT2D eigenvalue weighted by atomic mass is 35.5. The van der Waals surface area contributed by atoms with Crippen molar-refractivity contribution in [1.82, 2.24) is 0 Å². The maximum atomic E-state index is 11.3. The molecule has 0 amide bonds. The summed E-state index contributed by atoms with van der Waals surface area (Å²) >= 11 is 5.82. The third-order valence-corrected chi connectivity index (χ3v) is 2.20. The first-order valence-electron chi connectivity index (χ1n) is 4.56. The first kappa shape index (κ1) is 13.1. The Kier molecular flexibility index (Phi) is 4.56. The van der Waals surface area contributed by atoms with Crippen molar-refractivity contribution >= 4 is 23.5 Å². The molecule has 5 heteroatoms. The van der Waals surface area contributed by atoms with E-state index in [-0.39, 0.29) is 10.6 Å². The lowest BCUT2D eigenvalue weighted by Crippen LogP contribution is -2.02. The zero-order chi connectivity index (χ0) is 12.8. The summed E-state index contributed by atoms with van der Waals surface area (Å²) in [6.45, 7) is 0. The van der Waals surface area contributed by atoms with Crippen LogP contribution in [0.2, 0.25) is 5.02 Å². The van der Waals surface area contributed by atoms with Gasteiger partial charge in [-0.2, -0.15) is 0 Å². The van der Waals surface area contributed by atoms with E-state index in [1.165, 1.54) is 26.4 Å². The van der Waals surface area contributed by atoms with Crippen LogP contribution in [0.3, 0.4) is 0 Å². The van der Waals surface area contributed by atoms with Gasteiger partial charge in [-0.3, -0.25) is 0 Å². The van der Waals surface area contributed by atoms with Gasteiger partial charge in [-0.1, -0.05) is 17.5 Å². The van der Waals surface area contributed by atoms with E-state index < -0.39 is 11.9 Å². The maximum Gasteiger partial charge on any atom is 0.384 e. The van der Waals surface area contributed by atoms with Crippen LogP contribution in [0.4, 0.5) is 0 Å². The maximum absolute atomic E-state index is 11.3. The zero-order valence-corrected chi connectivity index (χ0v) is 10.00. The molecule has 0 N–H and O–H groups in total. The molecule has 0 bridgehead atoms. The summed E-state index contributed by atoms with van der Waals surface area (Å²) in [5.74, 6) is 3.59. The molecule has 1 rings (SSSR count). The van der Waals surface area contributed by atoms with E-state index >= 15 is 0 Å². The molecule has 4 nitrogen and oxygen atoms in total. The Bertz CT molecular complexity index is 511. The lowest BCUT2D eigenvalue weighted by atomic mass is 10.1. The highest BCUT2D eigenvalue weighted by Crippen LogP contribution is 2.18. The number of carbonyl (C=O) groups is 2. The van der Waals surface area contributed by atoms with Gasteiger partial charge in [0.25, 0.3) is 0 Å². The van der Waals surface area contributed by atoms with Crippen LogP contribution in [0, 0.1) is 11.8 Å². The summed E-state index contributed by atoms with van der Waals surface area (Å²) in [6.07, 6.45) is 0. The fourth-order valence-corrected chi connectivity index (χ4v) is 1.24. The van der Waals surface area contributed by atoms with Gasteiger partial charge in [0.1, 0.15) is 0 Å². The van der Waals surface area contributed by atoms with Crippen LogP contribution in [0.15, 0.2) is 18.2 Å². The van der Waals surface area contributed by atoms with Crippen molar-refractivity contribution in [1.29, 1.82) is 0 Å². The van der Waals surface area contributed by atoms with E-state index in [4.69, 9.17) is 11.6 Å². The van der Waals surface area contributed by atoms with E-state index in [1.807, 2.05) is 0 Å². The largest absolute Gasteiger partial charge is 0.465 e. The van der Waals surface area contributed by atoms with Gasteiger partial charge in [-0.15, -0.1) is 0 Å². The van der Waals surface area contributed by atoms with Gasteiger partial charge >= 0.3 is 11.9 Å². The molecular formula is C12H9ClO4. The summed E-state index contributed by atoms with van der Waals surface area (Å²) in [4.78, 5) is 22.1. The van der Waals surface area contributed by atoms with Gasteiger partial charge in [0, 0.05) is 11.5 Å². The summed E-state index contributed by atoms with van der Waals surface area (Å²) in [5, 5.41) is 0.264. The van der Waals surface area contributed by atoms with Crippen molar-refractivity contribution in [2.45, 2.75) is 0 Å². The Balaban J connectivity index is 3.07. The molecule has 1 aromatic rings. The summed E-state index contributed by atoms with van der Waals surface area (Å²) in [6, 6.07) is 4.55. The Morgan fingerprint density at radius 1 is 1.24 bits per heavy atom. The standard InChI is InChI=1S/C12H9ClO4/c1-16-11(14)6-4-8-3-5-10(13)9(7-8)12(15)17-2/h3,5,7H,1-2H3. The molecule has 0 spiro atoms. The summed E-state index contributed by atoms with van der Waals surface area (Å²) < 4.78 is 8.92. The third kappa shape index (κ3) is 3.51. The minimum atomic E-state index is -0.653. The Morgan fingerprint density at radius 2 is 1.94 bits per heavy atom. The van der Waals surface area contributed by atoms with E-state index in [2.05, 4.69) is 21.3 Å². The summed E-state index contributed by atoms with van der Waals surface area (Å²) in [7, 11) is 2.49. The van der Waals surface area contributed by atoms with Crippen molar-refractivity contribution in [2.24, 2.45) is 0 Å². The molecule has 1 aromatic carbocycles. The van der Waals surface area contributed by atoms with Crippen LogP contribution in [0.25, 0.3) is 0 Å². The highest BCUT2D eigenvalue weighted by Gasteiger charge is 2.10. The lowest BCUT2D eigenvalue weighted by molar-refractivity contribution is -0.133. The smallest absolute Gasteiger partial charge is 0.384 e. The van der Waals surface area contributed by atoms with Crippen molar-refractivity contribution in [2.75, 3.05) is 14.2 Å². The van der Waals surface area contributed by atoms with Crippen molar-refractivity contribution in [3.8, 4) is 11.8 Å². The molecule has 88 valence electrons. The topological polar surface area (TPSA) is 52.6 Å². The monoisotopic (exact) mass is 252 g/mol. The van der Waals surface area contributed by atoms with Gasteiger partial charge in [0.15, 0.2) is 0 Å². The van der Waals surface area contributed by atoms with Gasteiger partial charge in [0.2, 0.25) is 0 Å². The molecular weight excluding hydrogens is 244 g/mol. The molecule has 17 heavy (non-hydrogen) atoms. The second kappa shape index (κ2) is 5.92. The predicted molar refractivity (Wildman–Crippen MR) is 61.7 cm³/mol. The number of methoxy groups -OCH3 is 2. The quantitative estimate of drug-likeness (QED) is 0.563. The normalized spacial score (nSPS) is 8.88. The van der Waals surface area contributed by atoms with Crippen molar-refractivity contribution < 1.29 is 19.1 Å². The number of benzene rings is 1. The highest BCUT2D eigenvalue weighted by molar-refractivity contribution is 6.33. The van der Waals surface area contributed by atoms with Crippen LogP contribution in [-0.2, 0) is 14.3 Å². The summed E-state index contributed by atoms with van der Waals surface area (Å²) in [5.41, 5.74) is 0.672. The minimum absolute atomic E-state index is 0.200. The van der Waals surface area contributed by atoms with Crippen LogP contribution >= 0.6 is 11.6 Å². The molecule has 0 aromatic heterocycles. The van der Waals surface area contributed by atoms with Gasteiger partial charge in [0.05, 0.1) is 24.8 Å². The van der Waals surface area contributed by atoms with E-state index in [1.54, 1.807) is 6.07 Å². The van der Waals surface area contributed by atoms with Crippen LogP contribution in [0.5, 0.6) is 0 Å². The molecule has 0 fully saturated rings. The number of ether oxygens (including phenoxy) is 2. The van der Waals surface area contributed by atoms with Gasteiger partial charge in [-0.25, -0.2) is 9.59 Å². The molecule has 0 unspecified atom stereocenters. The lowest BCUT2D eigenvalue weighted by Gasteiger charge is -2.02. The van der Waals surface area contributed by atoms with Crippen molar-refractivity contribution in [3.63, 3.8) is 0 Å². The van der Waals surface area contributed by atoms with E-state index in [9.17, 15) is 9.59 Å². The van der Waals surface area contributed by atoms with Crippen molar-refractivity contribution in [3.05, 3.63) is 34.3 Å². The van der Waals surface area contributed by atoms with Crippen LogP contribution in [-0.4, -0.2) is 26.2 Å². The molecule has 0 aliphatic heterocycles. The fourth-order valence-electron chi connectivity index (χ4n) is 1.04. The molecule has 0 aliphatic carbocycles. The number of carbonyl (C=O) groups excluding carboxylic acids is 2. The average Bonchev–Trinajstić information content (AvgIpc) is 2.36. The molecule has 0 aliphatic rings. The molecule has 0 saturated heterocycles. The van der Waals surface area contributed by atoms with Crippen LogP contribution in [0.1, 0.15) is 15.9 Å². The number of hydrogen-bond acceptors (Lipinski definition) is 4. The van der Waals surface area contributed by atoms with Gasteiger partial charge < -0.3 is 9.47 Å². The minimum Gasteiger partial charge on any atom is -0.465 e. The first-order chi connectivity index (χ1) is 8.08. The van der Waals surface area contributed by atoms with E-state index in [0.29, 0.717) is 5.56 Å². The Hall–Kier alpha value is -1.99. The second-order valence-corrected chi connectivity index (χ2v) is 3.33. The number of rotatable bonds is 1. The number of esters is 2. The average molecular weight is 253 g/mol. The first-order valence-corrected chi connectivity index (χ1v) is 4.94. The Labute approximate surface area is 103 Å². The fraction of sp³-hybridized carbons (Fsp3) is 0.167. The number of halogens is 1. The molecule has 0 heterocycles. The predicted octanol–water partition coefficient (Wildman–Crippen LogP) is 1.65. The molecule has 0 radical (unpaired) electrons. The van der Waals surface area contributed by atoms with E-state index in [0.717, 1.165) is 0 Å². The third-order valence-electron chi connectivity index (χ3n) is 1.87. The molecule has 0 atom stereocenters. The van der Waals surface area contributed by atoms with Gasteiger partial charge in [-0.05, 0) is 18.2 Å². The molecule has 0 saturated carbocycles. The SMILES string of the molecule is COC(=O)C#Cc1ccc(Cl)c(C(=O)OC)c1. The second-order valence-electron chi connectivity index (χ2n) is 2.93. The number of hydrogen-bond donors (Lipinski definition) is 0. The Morgan fingerprint density at radius 3 is 2.53 bits per heavy atom.